The van der Waals surface area contributed by atoms with Gasteiger partial charge in [0.05, 0.1) is 6.10 Å². The number of ether oxygens (including phenoxy) is 1. The molecule has 1 aliphatic heterocycles. The summed E-state index contributed by atoms with van der Waals surface area (Å²) in [5.74, 6) is 0.0954. The maximum absolute atomic E-state index is 12.4. The van der Waals surface area contributed by atoms with Crippen molar-refractivity contribution in [3.8, 4) is 0 Å². The monoisotopic (exact) mass is 262 g/mol. The first-order valence-electron chi connectivity index (χ1n) is 6.88. The summed E-state index contributed by atoms with van der Waals surface area (Å²) in [7, 11) is 0. The van der Waals surface area contributed by atoms with Crippen LogP contribution in [-0.2, 0) is 4.74 Å². The van der Waals surface area contributed by atoms with Gasteiger partial charge in [0, 0.05) is 30.9 Å². The van der Waals surface area contributed by atoms with Crippen LogP contribution in [0, 0.1) is 6.92 Å². The van der Waals surface area contributed by atoms with E-state index in [1.165, 1.54) is 0 Å². The van der Waals surface area contributed by atoms with Gasteiger partial charge in [0.1, 0.15) is 0 Å². The zero-order valence-corrected chi connectivity index (χ0v) is 11.7. The molecule has 19 heavy (non-hydrogen) atoms. The molecule has 104 valence electrons. The molecule has 0 aromatic heterocycles. The molecule has 0 bridgehead atoms. The number of rotatable bonds is 3. The van der Waals surface area contributed by atoms with Crippen molar-refractivity contribution in [1.29, 1.82) is 0 Å². The van der Waals surface area contributed by atoms with E-state index in [0.717, 1.165) is 49.4 Å². The highest BCUT2D eigenvalue weighted by Gasteiger charge is 2.23. The first-order chi connectivity index (χ1) is 9.11. The number of piperidine rings is 1. The molecular formula is C15H22N2O2. The third-order valence-corrected chi connectivity index (χ3v) is 3.65. The van der Waals surface area contributed by atoms with Crippen LogP contribution in [-0.4, -0.2) is 36.6 Å². The smallest absolute Gasteiger partial charge is 0.253 e. The predicted octanol–water partition coefficient (Wildman–Crippen LogP) is 2.22. The molecule has 1 heterocycles. The van der Waals surface area contributed by atoms with Gasteiger partial charge in [-0.2, -0.15) is 0 Å². The van der Waals surface area contributed by atoms with Crippen LogP contribution in [0.3, 0.4) is 0 Å². The number of benzene rings is 1. The van der Waals surface area contributed by atoms with Gasteiger partial charge in [-0.15, -0.1) is 0 Å². The molecule has 4 nitrogen and oxygen atoms in total. The normalized spacial score (nSPS) is 16.6. The quantitative estimate of drug-likeness (QED) is 0.850. The second kappa shape index (κ2) is 6.06. The fourth-order valence-electron chi connectivity index (χ4n) is 2.45. The summed E-state index contributed by atoms with van der Waals surface area (Å²) in [6.45, 7) is 6.22. The van der Waals surface area contributed by atoms with Crippen LogP contribution >= 0.6 is 0 Å². The number of nitrogens with two attached hydrogens (primary N) is 1. The Kier molecular flexibility index (Phi) is 4.43. The molecular weight excluding hydrogens is 240 g/mol. The molecule has 1 saturated heterocycles. The van der Waals surface area contributed by atoms with Crippen LogP contribution in [0.1, 0.15) is 35.7 Å². The molecule has 0 unspecified atom stereocenters. The number of carbonyl (C=O) groups is 1. The van der Waals surface area contributed by atoms with E-state index in [0.29, 0.717) is 6.10 Å². The molecule has 2 rings (SSSR count). The van der Waals surface area contributed by atoms with E-state index in [1.54, 1.807) is 12.1 Å². The summed E-state index contributed by atoms with van der Waals surface area (Å²) >= 11 is 0. The highest BCUT2D eigenvalue weighted by Crippen LogP contribution is 2.18. The average molecular weight is 262 g/mol. The molecule has 0 spiro atoms. The van der Waals surface area contributed by atoms with Crippen molar-refractivity contribution in [1.82, 2.24) is 4.90 Å². The fourth-order valence-corrected chi connectivity index (χ4v) is 2.45. The minimum absolute atomic E-state index is 0.0954. The van der Waals surface area contributed by atoms with Gasteiger partial charge in [-0.1, -0.05) is 0 Å². The molecule has 0 atom stereocenters. The second-order valence-electron chi connectivity index (χ2n) is 5.02. The number of anilines is 1. The number of carbonyl (C=O) groups excluding carboxylic acids is 1. The molecule has 1 amide bonds. The summed E-state index contributed by atoms with van der Waals surface area (Å²) in [5, 5.41) is 0. The molecule has 4 heteroatoms. The van der Waals surface area contributed by atoms with Gasteiger partial charge in [0.2, 0.25) is 0 Å². The Labute approximate surface area is 114 Å². The standard InChI is InChI=1S/C15H22N2O2/c1-3-19-13-6-8-17(9-7-13)15(18)12-4-5-14(16)11(2)10-12/h4-5,10,13H,3,6-9,16H2,1-2H3. The highest BCUT2D eigenvalue weighted by atomic mass is 16.5. The topological polar surface area (TPSA) is 55.6 Å². The Morgan fingerprint density at radius 1 is 1.42 bits per heavy atom. The summed E-state index contributed by atoms with van der Waals surface area (Å²) in [6.07, 6.45) is 2.16. The number of nitrogen functional groups attached to an aromatic ring is 1. The SMILES string of the molecule is CCOC1CCN(C(=O)c2ccc(N)c(C)c2)CC1. The third kappa shape index (κ3) is 3.26. The maximum atomic E-state index is 12.4. The van der Waals surface area contributed by atoms with Crippen molar-refractivity contribution < 1.29 is 9.53 Å². The molecule has 1 aromatic rings. The lowest BCUT2D eigenvalue weighted by Gasteiger charge is -2.31. The van der Waals surface area contributed by atoms with E-state index in [9.17, 15) is 4.79 Å². The Hall–Kier alpha value is -1.55. The van der Waals surface area contributed by atoms with Gasteiger partial charge in [-0.05, 0) is 50.5 Å². The first kappa shape index (κ1) is 13.9. The van der Waals surface area contributed by atoms with Gasteiger partial charge < -0.3 is 15.4 Å². The van der Waals surface area contributed by atoms with Crippen LogP contribution in [0.5, 0.6) is 0 Å². The van der Waals surface area contributed by atoms with Crippen molar-refractivity contribution in [2.75, 3.05) is 25.4 Å². The number of hydrogen-bond acceptors (Lipinski definition) is 3. The van der Waals surface area contributed by atoms with Crippen molar-refractivity contribution in [3.63, 3.8) is 0 Å². The van der Waals surface area contributed by atoms with Crippen molar-refractivity contribution in [3.05, 3.63) is 29.3 Å². The zero-order chi connectivity index (χ0) is 13.8. The van der Waals surface area contributed by atoms with Gasteiger partial charge in [0.25, 0.3) is 5.91 Å². The Morgan fingerprint density at radius 2 is 2.11 bits per heavy atom. The van der Waals surface area contributed by atoms with E-state index in [1.807, 2.05) is 24.8 Å². The van der Waals surface area contributed by atoms with Crippen LogP contribution in [0.4, 0.5) is 5.69 Å². The van der Waals surface area contributed by atoms with Gasteiger partial charge in [-0.3, -0.25) is 4.79 Å². The summed E-state index contributed by atoms with van der Waals surface area (Å²) < 4.78 is 5.60. The predicted molar refractivity (Wildman–Crippen MR) is 76.1 cm³/mol. The summed E-state index contributed by atoms with van der Waals surface area (Å²) in [4.78, 5) is 14.3. The fraction of sp³-hybridized carbons (Fsp3) is 0.533. The molecule has 1 aliphatic rings. The summed E-state index contributed by atoms with van der Waals surface area (Å²) in [6, 6.07) is 5.47. The molecule has 0 radical (unpaired) electrons. The molecule has 1 aromatic carbocycles. The van der Waals surface area contributed by atoms with Crippen molar-refractivity contribution in [2.24, 2.45) is 0 Å². The number of nitrogens with zero attached hydrogens (tertiary/aromatic N) is 1. The number of likely N-dealkylation sites (tertiary alicyclic amines) is 1. The second-order valence-corrected chi connectivity index (χ2v) is 5.02. The van der Waals surface area contributed by atoms with E-state index in [-0.39, 0.29) is 5.91 Å². The maximum Gasteiger partial charge on any atom is 0.253 e. The minimum Gasteiger partial charge on any atom is -0.399 e. The lowest BCUT2D eigenvalue weighted by Crippen LogP contribution is -2.40. The number of amides is 1. The molecule has 0 saturated carbocycles. The minimum atomic E-state index is 0.0954. The van der Waals surface area contributed by atoms with E-state index in [2.05, 4.69) is 0 Å². The molecule has 1 fully saturated rings. The largest absolute Gasteiger partial charge is 0.399 e. The van der Waals surface area contributed by atoms with Crippen molar-refractivity contribution >= 4 is 11.6 Å². The molecule has 0 aliphatic carbocycles. The lowest BCUT2D eigenvalue weighted by atomic mass is 10.0. The Morgan fingerprint density at radius 3 is 2.68 bits per heavy atom. The van der Waals surface area contributed by atoms with E-state index >= 15 is 0 Å². The third-order valence-electron chi connectivity index (χ3n) is 3.65. The average Bonchev–Trinajstić information content (AvgIpc) is 2.42. The van der Waals surface area contributed by atoms with Crippen molar-refractivity contribution in [2.45, 2.75) is 32.8 Å². The zero-order valence-electron chi connectivity index (χ0n) is 11.7. The number of aryl methyl sites for hydroxylation is 1. The number of hydrogen-bond donors (Lipinski definition) is 1. The van der Waals surface area contributed by atoms with E-state index in [4.69, 9.17) is 10.5 Å². The van der Waals surface area contributed by atoms with Crippen LogP contribution < -0.4 is 5.73 Å². The Bertz CT molecular complexity index is 451. The lowest BCUT2D eigenvalue weighted by molar-refractivity contribution is 0.0146. The van der Waals surface area contributed by atoms with Gasteiger partial charge >= 0.3 is 0 Å². The van der Waals surface area contributed by atoms with E-state index < -0.39 is 0 Å². The first-order valence-corrected chi connectivity index (χ1v) is 6.88. The highest BCUT2D eigenvalue weighted by molar-refractivity contribution is 5.95. The van der Waals surface area contributed by atoms with Gasteiger partial charge in [0.15, 0.2) is 0 Å². The molecule has 2 N–H and O–H groups in total. The summed E-state index contributed by atoms with van der Waals surface area (Å²) in [5.41, 5.74) is 8.18. The Balaban J connectivity index is 1.99. The van der Waals surface area contributed by atoms with Gasteiger partial charge in [-0.25, -0.2) is 0 Å². The van der Waals surface area contributed by atoms with Crippen LogP contribution in [0.15, 0.2) is 18.2 Å². The van der Waals surface area contributed by atoms with Crippen LogP contribution in [0.2, 0.25) is 0 Å². The van der Waals surface area contributed by atoms with Crippen LogP contribution in [0.25, 0.3) is 0 Å².